The summed E-state index contributed by atoms with van der Waals surface area (Å²) in [6, 6.07) is 7.35. The molecule has 3 heterocycles. The highest BCUT2D eigenvalue weighted by Crippen LogP contribution is 2.37. The molecule has 0 spiro atoms. The second-order valence-electron chi connectivity index (χ2n) is 8.44. The predicted molar refractivity (Wildman–Crippen MR) is 140 cm³/mol. The number of rotatable bonds is 7. The molecule has 0 aliphatic heterocycles. The molecule has 0 aliphatic rings. The first kappa shape index (κ1) is 27.6. The van der Waals surface area contributed by atoms with Gasteiger partial charge in [-0.2, -0.15) is 18.3 Å². The normalized spacial score (nSPS) is 11.5. The molecule has 0 atom stereocenters. The van der Waals surface area contributed by atoms with Crippen LogP contribution in [0, 0.1) is 0 Å². The second kappa shape index (κ2) is 10.8. The minimum Gasteiger partial charge on any atom is -0.397 e. The summed E-state index contributed by atoms with van der Waals surface area (Å²) in [7, 11) is 1.41. The molecule has 2 amide bonds. The Morgan fingerprint density at radius 3 is 2.41 bits per heavy atom. The standard InChI is InChI=1S/C25H24ClF3N8O2/c1-4-36(5-2)24(39)16-8-7-15(10-18(16)26)33-23(38)22-32-12-19(35(22)3)17-13-37(34-21(17)25(27,28)29)20-9-6-14(30)11-31-20/h6-13H,4-5,30H2,1-3H3,(H,33,38). The van der Waals surface area contributed by atoms with Gasteiger partial charge in [0.15, 0.2) is 17.3 Å². The minimum atomic E-state index is -4.79. The fourth-order valence-corrected chi connectivity index (χ4v) is 4.19. The van der Waals surface area contributed by atoms with E-state index in [1.807, 2.05) is 13.8 Å². The molecule has 39 heavy (non-hydrogen) atoms. The number of benzene rings is 1. The summed E-state index contributed by atoms with van der Waals surface area (Å²) in [5, 5.41) is 6.43. The number of carbonyl (C=O) groups is 2. The summed E-state index contributed by atoms with van der Waals surface area (Å²) < 4.78 is 43.8. The maximum absolute atomic E-state index is 13.9. The van der Waals surface area contributed by atoms with Gasteiger partial charge >= 0.3 is 6.18 Å². The Hall–Kier alpha value is -4.39. The van der Waals surface area contributed by atoms with Gasteiger partial charge in [0.1, 0.15) is 0 Å². The molecule has 4 aromatic rings. The third-order valence-electron chi connectivity index (χ3n) is 5.96. The lowest BCUT2D eigenvalue weighted by atomic mass is 10.1. The summed E-state index contributed by atoms with van der Waals surface area (Å²) >= 11 is 6.30. The van der Waals surface area contributed by atoms with Crippen LogP contribution in [-0.2, 0) is 13.2 Å². The molecule has 14 heteroatoms. The molecule has 0 saturated carbocycles. The highest BCUT2D eigenvalue weighted by atomic mass is 35.5. The van der Waals surface area contributed by atoms with Gasteiger partial charge in [-0.1, -0.05) is 11.6 Å². The smallest absolute Gasteiger partial charge is 0.397 e. The molecule has 0 radical (unpaired) electrons. The van der Waals surface area contributed by atoms with E-state index in [2.05, 4.69) is 20.4 Å². The number of halogens is 4. The zero-order valence-corrected chi connectivity index (χ0v) is 21.9. The van der Waals surface area contributed by atoms with Crippen LogP contribution < -0.4 is 11.1 Å². The van der Waals surface area contributed by atoms with Crippen LogP contribution in [0.1, 0.15) is 40.5 Å². The number of imidazole rings is 1. The first-order valence-corrected chi connectivity index (χ1v) is 12.1. The number of aromatic nitrogens is 5. The van der Waals surface area contributed by atoms with Crippen molar-refractivity contribution in [1.82, 2.24) is 29.2 Å². The summed E-state index contributed by atoms with van der Waals surface area (Å²) in [6.07, 6.45) is -1.18. The lowest BCUT2D eigenvalue weighted by Crippen LogP contribution is -2.30. The molecule has 10 nitrogen and oxygen atoms in total. The summed E-state index contributed by atoms with van der Waals surface area (Å²) in [5.41, 5.74) is 5.06. The number of nitrogens with one attached hydrogen (secondary N) is 1. The number of hydrogen-bond acceptors (Lipinski definition) is 6. The van der Waals surface area contributed by atoms with Crippen molar-refractivity contribution in [2.24, 2.45) is 7.05 Å². The van der Waals surface area contributed by atoms with Crippen LogP contribution in [0.25, 0.3) is 17.1 Å². The number of pyridine rings is 1. The van der Waals surface area contributed by atoms with Crippen molar-refractivity contribution < 1.29 is 22.8 Å². The second-order valence-corrected chi connectivity index (χ2v) is 8.84. The molecular formula is C25H24ClF3N8O2. The van der Waals surface area contributed by atoms with Gasteiger partial charge in [0.25, 0.3) is 11.8 Å². The van der Waals surface area contributed by atoms with Gasteiger partial charge in [-0.05, 0) is 44.2 Å². The number of carbonyl (C=O) groups excluding carboxylic acids is 2. The number of nitrogens with zero attached hydrogens (tertiary/aromatic N) is 6. The largest absolute Gasteiger partial charge is 0.435 e. The molecule has 0 bridgehead atoms. The Labute approximate surface area is 226 Å². The highest BCUT2D eigenvalue weighted by Gasteiger charge is 2.39. The van der Waals surface area contributed by atoms with Gasteiger partial charge < -0.3 is 20.5 Å². The van der Waals surface area contributed by atoms with Gasteiger partial charge in [-0.3, -0.25) is 9.59 Å². The zero-order valence-electron chi connectivity index (χ0n) is 21.1. The van der Waals surface area contributed by atoms with E-state index in [-0.39, 0.29) is 45.1 Å². The summed E-state index contributed by atoms with van der Waals surface area (Å²) in [4.78, 5) is 35.2. The van der Waals surface area contributed by atoms with Crippen LogP contribution in [-0.4, -0.2) is 54.1 Å². The molecule has 0 saturated heterocycles. The molecule has 0 unspecified atom stereocenters. The summed E-state index contributed by atoms with van der Waals surface area (Å²) in [5.74, 6) is -0.965. The Morgan fingerprint density at radius 1 is 1.10 bits per heavy atom. The lowest BCUT2D eigenvalue weighted by Gasteiger charge is -2.19. The number of hydrogen-bond donors (Lipinski definition) is 2. The van der Waals surface area contributed by atoms with E-state index in [1.54, 1.807) is 4.90 Å². The van der Waals surface area contributed by atoms with Crippen LogP contribution in [0.3, 0.4) is 0 Å². The van der Waals surface area contributed by atoms with E-state index in [1.165, 1.54) is 48.1 Å². The van der Waals surface area contributed by atoms with E-state index >= 15 is 0 Å². The number of amides is 2. The van der Waals surface area contributed by atoms with Crippen molar-refractivity contribution >= 4 is 34.8 Å². The van der Waals surface area contributed by atoms with Crippen molar-refractivity contribution in [2.45, 2.75) is 20.0 Å². The van der Waals surface area contributed by atoms with Crippen molar-refractivity contribution in [3.05, 3.63) is 71.0 Å². The van der Waals surface area contributed by atoms with Gasteiger partial charge in [0.2, 0.25) is 0 Å². The lowest BCUT2D eigenvalue weighted by molar-refractivity contribution is -0.140. The number of nitrogens with two attached hydrogens (primary N) is 1. The van der Waals surface area contributed by atoms with Gasteiger partial charge in [0, 0.05) is 32.0 Å². The Balaban J connectivity index is 1.63. The van der Waals surface area contributed by atoms with Crippen molar-refractivity contribution in [1.29, 1.82) is 0 Å². The van der Waals surface area contributed by atoms with Crippen molar-refractivity contribution in [2.75, 3.05) is 24.1 Å². The Kier molecular flexibility index (Phi) is 7.63. The zero-order chi connectivity index (χ0) is 28.5. The van der Waals surface area contributed by atoms with Crippen LogP contribution in [0.15, 0.2) is 48.9 Å². The Morgan fingerprint density at radius 2 is 1.82 bits per heavy atom. The van der Waals surface area contributed by atoms with Crippen LogP contribution in [0.5, 0.6) is 0 Å². The predicted octanol–water partition coefficient (Wildman–Crippen LogP) is 4.66. The fraction of sp³-hybridized carbons (Fsp3) is 0.240. The highest BCUT2D eigenvalue weighted by molar-refractivity contribution is 6.34. The van der Waals surface area contributed by atoms with E-state index in [4.69, 9.17) is 17.3 Å². The molecular weight excluding hydrogens is 537 g/mol. The number of nitrogen functional groups attached to an aromatic ring is 1. The molecule has 3 aromatic heterocycles. The van der Waals surface area contributed by atoms with E-state index in [9.17, 15) is 22.8 Å². The Bertz CT molecular complexity index is 1530. The van der Waals surface area contributed by atoms with E-state index in [0.717, 1.165) is 17.1 Å². The van der Waals surface area contributed by atoms with Crippen LogP contribution in [0.2, 0.25) is 5.02 Å². The van der Waals surface area contributed by atoms with Gasteiger partial charge in [-0.25, -0.2) is 14.6 Å². The van der Waals surface area contributed by atoms with Crippen molar-refractivity contribution in [3.8, 4) is 17.1 Å². The topological polar surface area (TPSA) is 124 Å². The van der Waals surface area contributed by atoms with Crippen LogP contribution in [0.4, 0.5) is 24.5 Å². The SMILES string of the molecule is CCN(CC)C(=O)c1ccc(NC(=O)c2ncc(-c3cn(-c4ccc(N)cn4)nc3C(F)(F)F)n2C)cc1Cl. The van der Waals surface area contributed by atoms with Crippen LogP contribution >= 0.6 is 11.6 Å². The van der Waals surface area contributed by atoms with Gasteiger partial charge in [-0.15, -0.1) is 0 Å². The first-order valence-electron chi connectivity index (χ1n) is 11.8. The number of anilines is 2. The minimum absolute atomic E-state index is 0.00682. The molecule has 0 aliphatic carbocycles. The van der Waals surface area contributed by atoms with E-state index in [0.29, 0.717) is 18.8 Å². The molecule has 4 rings (SSSR count). The maximum atomic E-state index is 13.9. The molecule has 1 aromatic carbocycles. The van der Waals surface area contributed by atoms with E-state index < -0.39 is 17.8 Å². The number of alkyl halides is 3. The maximum Gasteiger partial charge on any atom is 0.435 e. The fourth-order valence-electron chi connectivity index (χ4n) is 3.93. The first-order chi connectivity index (χ1) is 18.4. The van der Waals surface area contributed by atoms with Crippen molar-refractivity contribution in [3.63, 3.8) is 0 Å². The average molecular weight is 561 g/mol. The molecule has 3 N–H and O–H groups in total. The third kappa shape index (κ3) is 5.58. The molecule has 0 fully saturated rings. The quantitative estimate of drug-likeness (QED) is 0.339. The molecule has 204 valence electrons. The summed E-state index contributed by atoms with van der Waals surface area (Å²) in [6.45, 7) is 4.72. The average Bonchev–Trinajstić information content (AvgIpc) is 3.49. The van der Waals surface area contributed by atoms with Gasteiger partial charge in [0.05, 0.1) is 39.9 Å². The monoisotopic (exact) mass is 560 g/mol. The third-order valence-corrected chi connectivity index (χ3v) is 6.28.